The van der Waals surface area contributed by atoms with Gasteiger partial charge in [-0.15, -0.1) is 12.4 Å². The van der Waals surface area contributed by atoms with Crippen molar-refractivity contribution in [1.82, 2.24) is 0 Å². The maximum Gasteiger partial charge on any atom is 0.321 e. The van der Waals surface area contributed by atoms with Crippen LogP contribution in [-0.2, 0) is 4.79 Å². The summed E-state index contributed by atoms with van der Waals surface area (Å²) in [5.41, 5.74) is 5.22. The summed E-state index contributed by atoms with van der Waals surface area (Å²) in [6, 6.07) is -0.825. The number of hydrogen-bond acceptors (Lipinski definition) is 4. The van der Waals surface area contributed by atoms with Gasteiger partial charge >= 0.3 is 5.97 Å². The van der Waals surface area contributed by atoms with Crippen LogP contribution in [0.1, 0.15) is 6.92 Å². The molecule has 0 spiro atoms. The summed E-state index contributed by atoms with van der Waals surface area (Å²) in [5.74, 6) is -0.653. The van der Waals surface area contributed by atoms with Crippen LogP contribution in [0, 0.1) is 0 Å². The van der Waals surface area contributed by atoms with Crippen molar-refractivity contribution in [2.45, 2.75) is 18.2 Å². The number of carboxylic acid groups (broad SMARTS) is 1. The molecule has 12 heavy (non-hydrogen) atoms. The number of carboxylic acids is 1. The Hall–Kier alpha value is 0.0300. The first-order chi connectivity index (χ1) is 5.07. The van der Waals surface area contributed by atoms with E-state index in [2.05, 4.69) is 0 Å². The molecule has 0 bridgehead atoms. The summed E-state index contributed by atoms with van der Waals surface area (Å²) in [7, 11) is 0. The molecule has 0 saturated carbocycles. The molecule has 74 valence electrons. The van der Waals surface area contributed by atoms with Gasteiger partial charge in [0.15, 0.2) is 0 Å². The molecule has 0 aromatic rings. The molecule has 0 heterocycles. The molecule has 6 heteroatoms. The van der Waals surface area contributed by atoms with Crippen LogP contribution in [0.25, 0.3) is 0 Å². The van der Waals surface area contributed by atoms with Gasteiger partial charge in [-0.2, -0.15) is 11.8 Å². The molecular formula is C6H14ClNO3S. The lowest BCUT2D eigenvalue weighted by atomic mass is 10.4. The van der Waals surface area contributed by atoms with Gasteiger partial charge in [-0.25, -0.2) is 0 Å². The van der Waals surface area contributed by atoms with Crippen molar-refractivity contribution in [3.05, 3.63) is 0 Å². The number of aliphatic hydroxyl groups is 1. The van der Waals surface area contributed by atoms with Gasteiger partial charge in [0, 0.05) is 11.0 Å². The van der Waals surface area contributed by atoms with Gasteiger partial charge in [0.2, 0.25) is 0 Å². The number of carbonyl (C=O) groups is 1. The van der Waals surface area contributed by atoms with Crippen molar-refractivity contribution in [2.75, 3.05) is 12.4 Å². The number of rotatable bonds is 5. The molecule has 0 aromatic carbocycles. The summed E-state index contributed by atoms with van der Waals surface area (Å²) in [4.78, 5) is 10.2. The van der Waals surface area contributed by atoms with Crippen LogP contribution in [0.3, 0.4) is 0 Å². The Kier molecular flexibility index (Phi) is 9.30. The Morgan fingerprint density at radius 2 is 2.17 bits per heavy atom. The van der Waals surface area contributed by atoms with Crippen LogP contribution < -0.4 is 5.73 Å². The normalized spacial score (nSPS) is 14.6. The van der Waals surface area contributed by atoms with Crippen LogP contribution in [0.5, 0.6) is 0 Å². The fraction of sp³-hybridized carbons (Fsp3) is 0.833. The van der Waals surface area contributed by atoms with Crippen LogP contribution in [0.2, 0.25) is 0 Å². The van der Waals surface area contributed by atoms with E-state index in [0.29, 0.717) is 5.75 Å². The largest absolute Gasteiger partial charge is 0.480 e. The van der Waals surface area contributed by atoms with E-state index in [9.17, 15) is 4.79 Å². The summed E-state index contributed by atoms with van der Waals surface area (Å²) in [6.45, 7) is 1.87. The molecule has 0 unspecified atom stereocenters. The highest BCUT2D eigenvalue weighted by Gasteiger charge is 2.12. The zero-order valence-corrected chi connectivity index (χ0v) is 8.40. The highest BCUT2D eigenvalue weighted by molar-refractivity contribution is 7.99. The predicted octanol–water partition coefficient (Wildman–Crippen LogP) is -0.0659. The molecule has 0 amide bonds. The molecule has 0 aliphatic heterocycles. The number of nitrogens with two attached hydrogens (primary N) is 1. The van der Waals surface area contributed by atoms with Gasteiger partial charge in [0.1, 0.15) is 6.04 Å². The van der Waals surface area contributed by atoms with Crippen molar-refractivity contribution < 1.29 is 15.0 Å². The number of thioether (sulfide) groups is 1. The Balaban J connectivity index is 0. The second-order valence-electron chi connectivity index (χ2n) is 2.27. The molecule has 0 rings (SSSR count). The van der Waals surface area contributed by atoms with E-state index in [-0.39, 0.29) is 24.3 Å². The number of aliphatic hydroxyl groups excluding tert-OH is 1. The molecule has 0 aliphatic carbocycles. The molecule has 0 aromatic heterocycles. The molecular weight excluding hydrogens is 202 g/mol. The van der Waals surface area contributed by atoms with Crippen molar-refractivity contribution in [2.24, 2.45) is 5.73 Å². The van der Waals surface area contributed by atoms with Gasteiger partial charge in [-0.3, -0.25) is 4.79 Å². The Bertz CT molecular complexity index is 136. The van der Waals surface area contributed by atoms with Gasteiger partial charge in [0.05, 0.1) is 6.61 Å². The molecule has 0 fully saturated rings. The van der Waals surface area contributed by atoms with E-state index in [4.69, 9.17) is 15.9 Å². The minimum atomic E-state index is -0.998. The highest BCUT2D eigenvalue weighted by atomic mass is 35.5. The first-order valence-corrected chi connectivity index (χ1v) is 4.33. The van der Waals surface area contributed by atoms with Crippen molar-refractivity contribution in [3.63, 3.8) is 0 Å². The minimum Gasteiger partial charge on any atom is -0.480 e. The third-order valence-corrected chi connectivity index (χ3v) is 2.40. The fourth-order valence-electron chi connectivity index (χ4n) is 0.392. The zero-order chi connectivity index (χ0) is 8.85. The summed E-state index contributed by atoms with van der Waals surface area (Å²) >= 11 is 1.36. The lowest BCUT2D eigenvalue weighted by molar-refractivity contribution is -0.137. The first kappa shape index (κ1) is 14.5. The van der Waals surface area contributed by atoms with E-state index in [1.165, 1.54) is 11.8 Å². The zero-order valence-electron chi connectivity index (χ0n) is 6.77. The molecule has 0 aliphatic rings. The number of hydrogen-bond donors (Lipinski definition) is 3. The van der Waals surface area contributed by atoms with E-state index in [1.54, 1.807) is 0 Å². The lowest BCUT2D eigenvalue weighted by Crippen LogP contribution is -2.33. The number of halogens is 1. The molecule has 2 atom stereocenters. The van der Waals surface area contributed by atoms with Crippen LogP contribution in [-0.4, -0.2) is 39.8 Å². The van der Waals surface area contributed by atoms with Crippen LogP contribution in [0.4, 0.5) is 0 Å². The first-order valence-electron chi connectivity index (χ1n) is 3.28. The average Bonchev–Trinajstić information content (AvgIpc) is 1.99. The summed E-state index contributed by atoms with van der Waals surface area (Å²) < 4.78 is 0. The van der Waals surface area contributed by atoms with Crippen molar-refractivity contribution in [3.8, 4) is 0 Å². The second kappa shape index (κ2) is 7.67. The third-order valence-electron chi connectivity index (χ3n) is 1.13. The smallest absolute Gasteiger partial charge is 0.321 e. The van der Waals surface area contributed by atoms with Gasteiger partial charge in [0.25, 0.3) is 0 Å². The van der Waals surface area contributed by atoms with Gasteiger partial charge in [-0.05, 0) is 0 Å². The molecule has 0 saturated heterocycles. The quantitative estimate of drug-likeness (QED) is 0.598. The predicted molar refractivity (Wildman–Crippen MR) is 51.9 cm³/mol. The molecule has 4 N–H and O–H groups in total. The topological polar surface area (TPSA) is 83.5 Å². The standard InChI is InChI=1S/C6H13NO3S.ClH/c1-4(2-8)11-3-5(7)6(9)10;/h4-5,8H,2-3,7H2,1H3,(H,9,10);1H/t4-,5+;/m1./s1. The monoisotopic (exact) mass is 215 g/mol. The van der Waals surface area contributed by atoms with E-state index in [0.717, 1.165) is 0 Å². The van der Waals surface area contributed by atoms with Gasteiger partial charge < -0.3 is 15.9 Å². The van der Waals surface area contributed by atoms with Crippen LogP contribution >= 0.6 is 24.2 Å². The summed E-state index contributed by atoms with van der Waals surface area (Å²) in [5, 5.41) is 17.0. The Labute approximate surface area is 81.9 Å². The summed E-state index contributed by atoms with van der Waals surface area (Å²) in [6.07, 6.45) is 0. The Morgan fingerprint density at radius 3 is 2.50 bits per heavy atom. The highest BCUT2D eigenvalue weighted by Crippen LogP contribution is 2.09. The minimum absolute atomic E-state index is 0. The maximum atomic E-state index is 10.2. The fourth-order valence-corrected chi connectivity index (χ4v) is 1.18. The van der Waals surface area contributed by atoms with E-state index < -0.39 is 12.0 Å². The third kappa shape index (κ3) is 6.72. The average molecular weight is 216 g/mol. The van der Waals surface area contributed by atoms with Crippen molar-refractivity contribution in [1.29, 1.82) is 0 Å². The molecule has 0 radical (unpaired) electrons. The van der Waals surface area contributed by atoms with E-state index in [1.807, 2.05) is 6.92 Å². The van der Waals surface area contributed by atoms with Crippen LogP contribution in [0.15, 0.2) is 0 Å². The van der Waals surface area contributed by atoms with Gasteiger partial charge in [-0.1, -0.05) is 6.92 Å². The molecule has 4 nitrogen and oxygen atoms in total. The number of aliphatic carboxylic acids is 1. The second-order valence-corrected chi connectivity index (χ2v) is 3.74. The lowest BCUT2D eigenvalue weighted by Gasteiger charge is -2.09. The van der Waals surface area contributed by atoms with E-state index >= 15 is 0 Å². The van der Waals surface area contributed by atoms with Crippen molar-refractivity contribution >= 4 is 30.1 Å². The SMILES string of the molecule is C[C@H](CO)SC[C@H](N)C(=O)O.Cl. The Morgan fingerprint density at radius 1 is 1.67 bits per heavy atom. The maximum absolute atomic E-state index is 10.2.